The number of carbonyl (C=O) groups is 2. The van der Waals surface area contributed by atoms with E-state index in [-0.39, 0.29) is 12.5 Å². The largest absolute Gasteiger partial charge is 0.480 e. The summed E-state index contributed by atoms with van der Waals surface area (Å²) in [6.45, 7) is 4.65. The zero-order valence-corrected chi connectivity index (χ0v) is 19.0. The van der Waals surface area contributed by atoms with E-state index >= 15 is 0 Å². The Labute approximate surface area is 193 Å². The third-order valence-corrected chi connectivity index (χ3v) is 4.86. The monoisotopic (exact) mass is 463 g/mol. The molecule has 2 fully saturated rings. The molecule has 166 valence electrons. The molecule has 2 aromatic rings. The molecule has 31 heavy (non-hydrogen) atoms. The molecule has 1 aliphatic heterocycles. The van der Waals surface area contributed by atoms with Crippen LogP contribution in [0.1, 0.15) is 49.5 Å². The van der Waals surface area contributed by atoms with Gasteiger partial charge >= 0.3 is 5.97 Å². The lowest BCUT2D eigenvalue weighted by Gasteiger charge is -2.40. The van der Waals surface area contributed by atoms with Gasteiger partial charge in [-0.15, -0.1) is 6.58 Å². The second-order valence-electron chi connectivity index (χ2n) is 7.17. The van der Waals surface area contributed by atoms with Crippen molar-refractivity contribution in [2.75, 3.05) is 13.2 Å². The number of hydrogen-bond donors (Lipinski definition) is 1. The van der Waals surface area contributed by atoms with Gasteiger partial charge in [0.25, 0.3) is 0 Å². The van der Waals surface area contributed by atoms with Crippen LogP contribution in [0, 0.1) is 0 Å². The van der Waals surface area contributed by atoms with E-state index in [0.717, 1.165) is 11.1 Å². The summed E-state index contributed by atoms with van der Waals surface area (Å²) < 4.78 is 5.76. The quantitative estimate of drug-likeness (QED) is 0.557. The first-order chi connectivity index (χ1) is 14.9. The molecule has 2 unspecified atom stereocenters. The van der Waals surface area contributed by atoms with Gasteiger partial charge in [0, 0.05) is 10.0 Å². The summed E-state index contributed by atoms with van der Waals surface area (Å²) >= 11 is 12.0. The van der Waals surface area contributed by atoms with Crippen molar-refractivity contribution in [2.45, 2.75) is 38.3 Å². The van der Waals surface area contributed by atoms with Crippen LogP contribution < -0.4 is 0 Å². The zero-order chi connectivity index (χ0) is 22.8. The van der Waals surface area contributed by atoms with Crippen LogP contribution in [-0.2, 0) is 14.3 Å². The van der Waals surface area contributed by atoms with Crippen molar-refractivity contribution in [1.29, 1.82) is 0 Å². The third-order valence-electron chi connectivity index (χ3n) is 4.38. The summed E-state index contributed by atoms with van der Waals surface area (Å²) in [6.07, 6.45) is 5.72. The second-order valence-corrected chi connectivity index (χ2v) is 8.04. The fourth-order valence-electron chi connectivity index (χ4n) is 2.96. The van der Waals surface area contributed by atoms with Gasteiger partial charge in [-0.1, -0.05) is 72.8 Å². The number of halogens is 2. The van der Waals surface area contributed by atoms with Crippen LogP contribution in [-0.4, -0.2) is 35.0 Å². The molecule has 0 bridgehead atoms. The minimum Gasteiger partial charge on any atom is -0.480 e. The van der Waals surface area contributed by atoms with Crippen LogP contribution in [0.3, 0.4) is 0 Å². The zero-order valence-electron chi connectivity index (χ0n) is 17.5. The third kappa shape index (κ3) is 8.02. The SMILES string of the molecule is C1CC1.C=CC.O=C(O)CN1C(=O)COC(c2cccc(Cl)c2)C1c1ccc(Cl)cc1. The number of hydrogen-bond acceptors (Lipinski definition) is 3. The fraction of sp³-hybridized carbons (Fsp3) is 0.333. The molecule has 0 aromatic heterocycles. The predicted molar refractivity (Wildman–Crippen MR) is 123 cm³/mol. The molecule has 1 aliphatic carbocycles. The van der Waals surface area contributed by atoms with E-state index in [0.29, 0.717) is 10.0 Å². The lowest BCUT2D eigenvalue weighted by molar-refractivity contribution is -0.164. The smallest absolute Gasteiger partial charge is 0.323 e. The number of aliphatic carboxylic acids is 1. The number of carboxylic acids is 1. The van der Waals surface area contributed by atoms with Crippen molar-refractivity contribution in [3.8, 4) is 0 Å². The molecule has 1 saturated carbocycles. The van der Waals surface area contributed by atoms with Gasteiger partial charge in [0.15, 0.2) is 0 Å². The van der Waals surface area contributed by atoms with E-state index in [2.05, 4.69) is 6.58 Å². The van der Waals surface area contributed by atoms with E-state index in [1.807, 2.05) is 13.0 Å². The summed E-state index contributed by atoms with van der Waals surface area (Å²) in [7, 11) is 0. The van der Waals surface area contributed by atoms with E-state index in [1.165, 1.54) is 24.2 Å². The lowest BCUT2D eigenvalue weighted by atomic mass is 9.92. The Balaban J connectivity index is 0.000000499. The van der Waals surface area contributed by atoms with Gasteiger partial charge in [-0.3, -0.25) is 9.59 Å². The van der Waals surface area contributed by atoms with Crippen LogP contribution in [0.2, 0.25) is 10.0 Å². The van der Waals surface area contributed by atoms with Gasteiger partial charge in [0.1, 0.15) is 19.3 Å². The first-order valence-corrected chi connectivity index (χ1v) is 10.8. The summed E-state index contributed by atoms with van der Waals surface area (Å²) in [6, 6.07) is 13.5. The first-order valence-electron chi connectivity index (χ1n) is 10.1. The summed E-state index contributed by atoms with van der Waals surface area (Å²) in [5.41, 5.74) is 1.51. The van der Waals surface area contributed by atoms with E-state index < -0.39 is 24.7 Å². The summed E-state index contributed by atoms with van der Waals surface area (Å²) in [5.74, 6) is -1.46. The van der Waals surface area contributed by atoms with Crippen LogP contribution >= 0.6 is 23.2 Å². The summed E-state index contributed by atoms with van der Waals surface area (Å²) in [4.78, 5) is 24.9. The molecule has 0 spiro atoms. The molecule has 1 N–H and O–H groups in total. The van der Waals surface area contributed by atoms with Crippen LogP contribution in [0.4, 0.5) is 0 Å². The molecule has 1 saturated heterocycles. The first kappa shape index (κ1) is 24.9. The normalized spacial score (nSPS) is 19.3. The number of carbonyl (C=O) groups excluding carboxylic acids is 1. The average molecular weight is 464 g/mol. The van der Waals surface area contributed by atoms with Crippen molar-refractivity contribution in [3.63, 3.8) is 0 Å². The van der Waals surface area contributed by atoms with Crippen molar-refractivity contribution in [3.05, 3.63) is 82.4 Å². The second kappa shape index (κ2) is 12.5. The highest BCUT2D eigenvalue weighted by molar-refractivity contribution is 6.30. The van der Waals surface area contributed by atoms with E-state index in [4.69, 9.17) is 27.9 Å². The molecule has 0 radical (unpaired) electrons. The number of nitrogens with zero attached hydrogens (tertiary/aromatic N) is 1. The minimum atomic E-state index is -1.08. The number of morpholine rings is 1. The van der Waals surface area contributed by atoms with Gasteiger partial charge in [-0.05, 0) is 42.3 Å². The average Bonchev–Trinajstić information content (AvgIpc) is 3.60. The Morgan fingerprint density at radius 1 is 1.13 bits per heavy atom. The maximum Gasteiger partial charge on any atom is 0.323 e. The standard InChI is InChI=1S/C18H15Cl2NO4.2C3H6/c19-13-6-4-11(5-7-13)17-18(12-2-1-3-14(20)8-12)25-10-15(22)21(17)9-16(23)24;1-2-3-1;1-3-2/h1-8,17-18H,9-10H2,(H,23,24);1-3H2;3H,1H2,2H3. The molecule has 7 heteroatoms. The van der Waals surface area contributed by atoms with Crippen LogP contribution in [0.5, 0.6) is 0 Å². The Morgan fingerprint density at radius 2 is 1.74 bits per heavy atom. The van der Waals surface area contributed by atoms with Gasteiger partial charge in [0.2, 0.25) is 5.91 Å². The maximum atomic E-state index is 12.3. The highest BCUT2D eigenvalue weighted by Crippen LogP contribution is 2.40. The molecule has 2 atom stereocenters. The molecule has 2 aromatic carbocycles. The molecular formula is C24H27Cl2NO4. The van der Waals surface area contributed by atoms with E-state index in [1.54, 1.807) is 48.5 Å². The number of amides is 1. The van der Waals surface area contributed by atoms with Gasteiger partial charge in [0.05, 0.1) is 6.04 Å². The number of ether oxygens (including phenoxy) is 1. The van der Waals surface area contributed by atoms with Crippen LogP contribution in [0.25, 0.3) is 0 Å². The van der Waals surface area contributed by atoms with Gasteiger partial charge < -0.3 is 14.7 Å². The van der Waals surface area contributed by atoms with Crippen molar-refractivity contribution < 1.29 is 19.4 Å². The van der Waals surface area contributed by atoms with Crippen molar-refractivity contribution in [2.24, 2.45) is 0 Å². The topological polar surface area (TPSA) is 66.8 Å². The summed E-state index contributed by atoms with van der Waals surface area (Å²) in [5, 5.41) is 10.3. The van der Waals surface area contributed by atoms with Crippen LogP contribution in [0.15, 0.2) is 61.2 Å². The number of rotatable bonds is 4. The van der Waals surface area contributed by atoms with Gasteiger partial charge in [-0.2, -0.15) is 0 Å². The Kier molecular flexibility index (Phi) is 10.0. The number of benzene rings is 2. The number of allylic oxidation sites excluding steroid dienone is 1. The molecule has 5 nitrogen and oxygen atoms in total. The maximum absolute atomic E-state index is 12.3. The highest BCUT2D eigenvalue weighted by atomic mass is 35.5. The molecule has 1 heterocycles. The molecule has 1 amide bonds. The Morgan fingerprint density at radius 3 is 2.26 bits per heavy atom. The van der Waals surface area contributed by atoms with Gasteiger partial charge in [-0.25, -0.2) is 0 Å². The minimum absolute atomic E-state index is 0.186. The Hall–Kier alpha value is -2.34. The van der Waals surface area contributed by atoms with Crippen molar-refractivity contribution in [1.82, 2.24) is 4.90 Å². The lowest BCUT2D eigenvalue weighted by Crippen LogP contribution is -2.47. The predicted octanol–water partition coefficient (Wildman–Crippen LogP) is 6.08. The highest BCUT2D eigenvalue weighted by Gasteiger charge is 2.39. The van der Waals surface area contributed by atoms with Crippen molar-refractivity contribution >= 4 is 35.1 Å². The number of carboxylic acid groups (broad SMARTS) is 1. The molecule has 4 rings (SSSR count). The molecule has 2 aliphatic rings. The van der Waals surface area contributed by atoms with E-state index in [9.17, 15) is 14.7 Å². The fourth-order valence-corrected chi connectivity index (χ4v) is 3.29. The molecular weight excluding hydrogens is 437 g/mol. The Bertz CT molecular complexity index is 881.